The van der Waals surface area contributed by atoms with Crippen molar-refractivity contribution in [2.24, 2.45) is 0 Å². The number of hydrogen-bond acceptors (Lipinski definition) is 4. The number of aromatic nitrogens is 3. The third-order valence-corrected chi connectivity index (χ3v) is 3.21. The fourth-order valence-corrected chi connectivity index (χ4v) is 2.49. The molecule has 0 aromatic carbocycles. The Labute approximate surface area is 89.9 Å². The third kappa shape index (κ3) is 1.97. The Morgan fingerprint density at radius 2 is 2.40 bits per heavy atom. The monoisotopic (exact) mass is 209 g/mol. The second-order valence-corrected chi connectivity index (χ2v) is 4.35. The Morgan fingerprint density at radius 3 is 2.93 bits per heavy atom. The van der Waals surface area contributed by atoms with Crippen molar-refractivity contribution in [3.63, 3.8) is 0 Å². The summed E-state index contributed by atoms with van der Waals surface area (Å²) in [6, 6.07) is 0. The summed E-state index contributed by atoms with van der Waals surface area (Å²) in [5.74, 6) is 1.31. The van der Waals surface area contributed by atoms with E-state index in [9.17, 15) is 0 Å². The van der Waals surface area contributed by atoms with Crippen LogP contribution in [0.4, 0.5) is 5.95 Å². The van der Waals surface area contributed by atoms with Gasteiger partial charge >= 0.3 is 0 Å². The maximum absolute atomic E-state index is 5.57. The number of nitrogens with two attached hydrogens (primary N) is 1. The summed E-state index contributed by atoms with van der Waals surface area (Å²) >= 11 is 0. The number of rotatable bonds is 3. The predicted octanol–water partition coefficient (Wildman–Crippen LogP) is 0.808. The van der Waals surface area contributed by atoms with Gasteiger partial charge < -0.3 is 11.1 Å². The van der Waals surface area contributed by atoms with Crippen molar-refractivity contribution in [1.82, 2.24) is 20.5 Å². The predicted molar refractivity (Wildman–Crippen MR) is 59.5 cm³/mol. The number of aromatic amines is 1. The average Bonchev–Trinajstić information content (AvgIpc) is 2.67. The molecular formula is C10H19N5. The largest absolute Gasteiger partial charge is 0.367 e. The van der Waals surface area contributed by atoms with Crippen molar-refractivity contribution >= 4 is 5.95 Å². The highest BCUT2D eigenvalue weighted by molar-refractivity contribution is 5.19. The van der Waals surface area contributed by atoms with Crippen molar-refractivity contribution in [2.75, 3.05) is 18.8 Å². The van der Waals surface area contributed by atoms with Gasteiger partial charge in [-0.1, -0.05) is 13.3 Å². The Bertz CT molecular complexity index is 308. The lowest BCUT2D eigenvalue weighted by atomic mass is 9.76. The number of hydrogen-bond donors (Lipinski definition) is 3. The van der Waals surface area contributed by atoms with Crippen LogP contribution in [0.2, 0.25) is 0 Å². The van der Waals surface area contributed by atoms with E-state index in [1.54, 1.807) is 0 Å². The third-order valence-electron chi connectivity index (χ3n) is 3.21. The van der Waals surface area contributed by atoms with Gasteiger partial charge in [0.15, 0.2) is 0 Å². The van der Waals surface area contributed by atoms with Crippen molar-refractivity contribution < 1.29 is 0 Å². The van der Waals surface area contributed by atoms with Crippen LogP contribution in [0.25, 0.3) is 0 Å². The van der Waals surface area contributed by atoms with E-state index in [1.807, 2.05) is 0 Å². The van der Waals surface area contributed by atoms with E-state index in [4.69, 9.17) is 5.73 Å². The molecule has 1 saturated heterocycles. The van der Waals surface area contributed by atoms with Gasteiger partial charge in [-0.05, 0) is 25.8 Å². The molecule has 5 nitrogen and oxygen atoms in total. The molecule has 4 N–H and O–H groups in total. The number of piperidine rings is 1. The molecular weight excluding hydrogens is 190 g/mol. The topological polar surface area (TPSA) is 79.6 Å². The van der Waals surface area contributed by atoms with Gasteiger partial charge in [-0.25, -0.2) is 0 Å². The number of anilines is 1. The van der Waals surface area contributed by atoms with Gasteiger partial charge in [0, 0.05) is 12.0 Å². The lowest BCUT2D eigenvalue weighted by Crippen LogP contribution is -2.44. The minimum atomic E-state index is 0.123. The molecule has 1 unspecified atom stereocenters. The van der Waals surface area contributed by atoms with Gasteiger partial charge in [0.2, 0.25) is 5.95 Å². The summed E-state index contributed by atoms with van der Waals surface area (Å²) in [7, 11) is 0. The van der Waals surface area contributed by atoms with E-state index in [0.717, 1.165) is 31.8 Å². The first-order valence-corrected chi connectivity index (χ1v) is 5.66. The molecule has 5 heteroatoms. The maximum atomic E-state index is 5.57. The normalized spacial score (nSPS) is 26.7. The van der Waals surface area contributed by atoms with Crippen LogP contribution in [0, 0.1) is 0 Å². The molecule has 84 valence electrons. The van der Waals surface area contributed by atoms with Gasteiger partial charge in [-0.15, -0.1) is 5.10 Å². The first-order chi connectivity index (χ1) is 7.27. The van der Waals surface area contributed by atoms with Crippen molar-refractivity contribution in [1.29, 1.82) is 0 Å². The van der Waals surface area contributed by atoms with Gasteiger partial charge in [-0.3, -0.25) is 5.10 Å². The summed E-state index contributed by atoms with van der Waals surface area (Å²) < 4.78 is 0. The van der Waals surface area contributed by atoms with Gasteiger partial charge in [-0.2, -0.15) is 4.98 Å². The van der Waals surface area contributed by atoms with Crippen molar-refractivity contribution in [2.45, 2.75) is 38.0 Å². The smallest absolute Gasteiger partial charge is 0.239 e. The zero-order chi connectivity index (χ0) is 10.7. The van der Waals surface area contributed by atoms with Crippen LogP contribution in [0.5, 0.6) is 0 Å². The van der Waals surface area contributed by atoms with E-state index in [2.05, 4.69) is 27.4 Å². The lowest BCUT2D eigenvalue weighted by molar-refractivity contribution is 0.276. The SMILES string of the molecule is CCCC1(c2nc(N)n[nH]2)CCCNC1. The Kier molecular flexibility index (Phi) is 2.90. The molecule has 0 radical (unpaired) electrons. The molecule has 1 aromatic rings. The number of nitrogen functional groups attached to an aromatic ring is 1. The Balaban J connectivity index is 2.24. The molecule has 0 aliphatic carbocycles. The fraction of sp³-hybridized carbons (Fsp3) is 0.800. The highest BCUT2D eigenvalue weighted by Gasteiger charge is 2.36. The van der Waals surface area contributed by atoms with Crippen LogP contribution in [-0.2, 0) is 5.41 Å². The minimum absolute atomic E-state index is 0.123. The first-order valence-electron chi connectivity index (χ1n) is 5.66. The van der Waals surface area contributed by atoms with Crippen LogP contribution in [0.1, 0.15) is 38.4 Å². The molecule has 0 amide bonds. The number of nitrogens with one attached hydrogen (secondary N) is 2. The molecule has 2 heterocycles. The van der Waals surface area contributed by atoms with Gasteiger partial charge in [0.05, 0.1) is 0 Å². The van der Waals surface area contributed by atoms with E-state index in [-0.39, 0.29) is 5.41 Å². The van der Waals surface area contributed by atoms with E-state index >= 15 is 0 Å². The molecule has 1 atom stereocenters. The van der Waals surface area contributed by atoms with Crippen LogP contribution < -0.4 is 11.1 Å². The summed E-state index contributed by atoms with van der Waals surface area (Å²) in [6.45, 7) is 4.29. The molecule has 0 bridgehead atoms. The van der Waals surface area contributed by atoms with E-state index in [1.165, 1.54) is 12.8 Å². The zero-order valence-electron chi connectivity index (χ0n) is 9.21. The molecule has 1 fully saturated rings. The van der Waals surface area contributed by atoms with Gasteiger partial charge in [0.25, 0.3) is 0 Å². The number of H-pyrrole nitrogens is 1. The van der Waals surface area contributed by atoms with Gasteiger partial charge in [0.1, 0.15) is 5.82 Å². The highest BCUT2D eigenvalue weighted by Crippen LogP contribution is 2.33. The quantitative estimate of drug-likeness (QED) is 0.688. The van der Waals surface area contributed by atoms with E-state index < -0.39 is 0 Å². The van der Waals surface area contributed by atoms with Crippen LogP contribution >= 0.6 is 0 Å². The van der Waals surface area contributed by atoms with Crippen molar-refractivity contribution in [3.8, 4) is 0 Å². The second-order valence-electron chi connectivity index (χ2n) is 4.35. The average molecular weight is 209 g/mol. The molecule has 0 spiro atoms. The van der Waals surface area contributed by atoms with Crippen LogP contribution in [-0.4, -0.2) is 28.3 Å². The maximum Gasteiger partial charge on any atom is 0.239 e. The number of nitrogens with zero attached hydrogens (tertiary/aromatic N) is 2. The molecule has 1 aliphatic heterocycles. The molecule has 2 rings (SSSR count). The van der Waals surface area contributed by atoms with Crippen LogP contribution in [0.15, 0.2) is 0 Å². The lowest BCUT2D eigenvalue weighted by Gasteiger charge is -2.35. The summed E-state index contributed by atoms with van der Waals surface area (Å²) in [5.41, 5.74) is 5.69. The molecule has 0 saturated carbocycles. The Morgan fingerprint density at radius 1 is 1.53 bits per heavy atom. The van der Waals surface area contributed by atoms with Crippen molar-refractivity contribution in [3.05, 3.63) is 5.82 Å². The second kappa shape index (κ2) is 4.18. The zero-order valence-corrected chi connectivity index (χ0v) is 9.21. The summed E-state index contributed by atoms with van der Waals surface area (Å²) in [4.78, 5) is 4.30. The first kappa shape index (κ1) is 10.4. The minimum Gasteiger partial charge on any atom is -0.367 e. The molecule has 15 heavy (non-hydrogen) atoms. The fourth-order valence-electron chi connectivity index (χ4n) is 2.49. The standard InChI is InChI=1S/C10H19N5/c1-2-4-10(5-3-6-12-7-10)8-13-9(11)15-14-8/h12H,2-7H2,1H3,(H3,11,13,14,15). The van der Waals surface area contributed by atoms with Crippen LogP contribution in [0.3, 0.4) is 0 Å². The Hall–Kier alpha value is -1.10. The summed E-state index contributed by atoms with van der Waals surface area (Å²) in [5, 5.41) is 10.3. The molecule has 1 aromatic heterocycles. The summed E-state index contributed by atoms with van der Waals surface area (Å²) in [6.07, 6.45) is 4.65. The van der Waals surface area contributed by atoms with E-state index in [0.29, 0.717) is 5.95 Å². The molecule has 1 aliphatic rings. The highest BCUT2D eigenvalue weighted by atomic mass is 15.3.